The third-order valence-electron chi connectivity index (χ3n) is 3.20. The molecule has 0 spiro atoms. The first-order valence-corrected chi connectivity index (χ1v) is 7.17. The van der Waals surface area contributed by atoms with E-state index in [1.807, 2.05) is 13.8 Å². The normalized spacial score (nSPS) is 11.8. The van der Waals surface area contributed by atoms with Crippen LogP contribution in [0.4, 0.5) is 16.0 Å². The predicted octanol–water partition coefficient (Wildman–Crippen LogP) is 3.20. The number of benzene rings is 1. The van der Waals surface area contributed by atoms with Gasteiger partial charge in [0.15, 0.2) is 0 Å². The second kappa shape index (κ2) is 6.98. The number of nitrogens with zero attached hydrogens (tertiary/aromatic N) is 2. The van der Waals surface area contributed by atoms with Gasteiger partial charge in [0.2, 0.25) is 5.95 Å². The van der Waals surface area contributed by atoms with Crippen LogP contribution >= 0.6 is 0 Å². The van der Waals surface area contributed by atoms with Gasteiger partial charge in [-0.25, -0.2) is 14.4 Å². The standard InChI is InChI=1S/C16H19FN4O/c1-4-10(2)18-15(22)14-9-11(3)19-16(21-14)20-13-8-6-5-7-12(13)17/h5-10H,4H2,1-3H3,(H,18,22)(H,19,20,21). The van der Waals surface area contributed by atoms with Crippen molar-refractivity contribution in [3.05, 3.63) is 47.5 Å². The minimum atomic E-state index is -0.404. The molecule has 0 fully saturated rings. The zero-order chi connectivity index (χ0) is 16.1. The summed E-state index contributed by atoms with van der Waals surface area (Å²) in [5.41, 5.74) is 1.15. The molecule has 1 aromatic carbocycles. The van der Waals surface area contributed by atoms with Crippen LogP contribution in [0, 0.1) is 12.7 Å². The summed E-state index contributed by atoms with van der Waals surface area (Å²) >= 11 is 0. The van der Waals surface area contributed by atoms with Crippen molar-refractivity contribution in [1.82, 2.24) is 15.3 Å². The van der Waals surface area contributed by atoms with E-state index in [1.54, 1.807) is 31.2 Å². The highest BCUT2D eigenvalue weighted by atomic mass is 19.1. The summed E-state index contributed by atoms with van der Waals surface area (Å²) in [7, 11) is 0. The molecule has 1 heterocycles. The molecule has 0 aliphatic carbocycles. The zero-order valence-electron chi connectivity index (χ0n) is 12.9. The molecular weight excluding hydrogens is 283 g/mol. The maximum absolute atomic E-state index is 13.7. The van der Waals surface area contributed by atoms with Crippen molar-refractivity contribution >= 4 is 17.5 Å². The smallest absolute Gasteiger partial charge is 0.270 e. The second-order valence-corrected chi connectivity index (χ2v) is 5.11. The Hall–Kier alpha value is -2.50. The molecule has 116 valence electrons. The van der Waals surface area contributed by atoms with E-state index in [9.17, 15) is 9.18 Å². The molecule has 0 aliphatic rings. The van der Waals surface area contributed by atoms with Crippen molar-refractivity contribution in [2.45, 2.75) is 33.2 Å². The number of rotatable bonds is 5. The molecule has 2 aromatic rings. The van der Waals surface area contributed by atoms with Crippen molar-refractivity contribution < 1.29 is 9.18 Å². The molecule has 0 aliphatic heterocycles. The number of aryl methyl sites for hydroxylation is 1. The number of carbonyl (C=O) groups is 1. The molecule has 1 atom stereocenters. The van der Waals surface area contributed by atoms with Gasteiger partial charge in [0, 0.05) is 11.7 Å². The van der Waals surface area contributed by atoms with Crippen molar-refractivity contribution in [2.24, 2.45) is 0 Å². The zero-order valence-corrected chi connectivity index (χ0v) is 12.9. The van der Waals surface area contributed by atoms with E-state index in [0.717, 1.165) is 6.42 Å². The fraction of sp³-hybridized carbons (Fsp3) is 0.312. The van der Waals surface area contributed by atoms with Crippen LogP contribution in [-0.2, 0) is 0 Å². The molecule has 6 heteroatoms. The van der Waals surface area contributed by atoms with E-state index in [2.05, 4.69) is 20.6 Å². The lowest BCUT2D eigenvalue weighted by molar-refractivity contribution is 0.0934. The first-order valence-electron chi connectivity index (χ1n) is 7.17. The van der Waals surface area contributed by atoms with Gasteiger partial charge in [0.1, 0.15) is 11.5 Å². The van der Waals surface area contributed by atoms with Gasteiger partial charge in [-0.15, -0.1) is 0 Å². The highest BCUT2D eigenvalue weighted by molar-refractivity contribution is 5.92. The van der Waals surface area contributed by atoms with E-state index in [1.165, 1.54) is 6.07 Å². The largest absolute Gasteiger partial charge is 0.348 e. The average Bonchev–Trinajstić information content (AvgIpc) is 2.49. The molecule has 22 heavy (non-hydrogen) atoms. The van der Waals surface area contributed by atoms with Crippen molar-refractivity contribution in [3.8, 4) is 0 Å². The van der Waals surface area contributed by atoms with Gasteiger partial charge in [-0.1, -0.05) is 19.1 Å². The van der Waals surface area contributed by atoms with E-state index < -0.39 is 5.82 Å². The highest BCUT2D eigenvalue weighted by Gasteiger charge is 2.13. The van der Waals surface area contributed by atoms with Gasteiger partial charge in [0.05, 0.1) is 5.69 Å². The molecule has 1 aromatic heterocycles. The molecule has 0 saturated carbocycles. The lowest BCUT2D eigenvalue weighted by Crippen LogP contribution is -2.32. The number of aromatic nitrogens is 2. The predicted molar refractivity (Wildman–Crippen MR) is 83.7 cm³/mol. The Balaban J connectivity index is 2.23. The number of hydrogen-bond acceptors (Lipinski definition) is 4. The minimum absolute atomic E-state index is 0.0609. The summed E-state index contributed by atoms with van der Waals surface area (Å²) in [6.07, 6.45) is 0.830. The Bertz CT molecular complexity index is 675. The molecular formula is C16H19FN4O. The van der Waals surface area contributed by atoms with Gasteiger partial charge < -0.3 is 10.6 Å². The SMILES string of the molecule is CCC(C)NC(=O)c1cc(C)nc(Nc2ccccc2F)n1. The third-order valence-corrected chi connectivity index (χ3v) is 3.20. The van der Waals surface area contributed by atoms with Gasteiger partial charge in [-0.3, -0.25) is 4.79 Å². The molecule has 0 bridgehead atoms. The Labute approximate surface area is 129 Å². The van der Waals surface area contributed by atoms with E-state index in [0.29, 0.717) is 5.69 Å². The van der Waals surface area contributed by atoms with Gasteiger partial charge in [0.25, 0.3) is 5.91 Å². The summed E-state index contributed by atoms with van der Waals surface area (Å²) in [4.78, 5) is 20.5. The van der Waals surface area contributed by atoms with E-state index >= 15 is 0 Å². The lowest BCUT2D eigenvalue weighted by Gasteiger charge is -2.12. The Morgan fingerprint density at radius 1 is 1.32 bits per heavy atom. The maximum atomic E-state index is 13.7. The maximum Gasteiger partial charge on any atom is 0.270 e. The summed E-state index contributed by atoms with van der Waals surface area (Å²) in [6, 6.07) is 7.89. The fourth-order valence-electron chi connectivity index (χ4n) is 1.82. The van der Waals surface area contributed by atoms with Crippen LogP contribution in [0.3, 0.4) is 0 Å². The van der Waals surface area contributed by atoms with Crippen LogP contribution < -0.4 is 10.6 Å². The first kappa shape index (κ1) is 15.9. The van der Waals surface area contributed by atoms with Gasteiger partial charge >= 0.3 is 0 Å². The molecule has 0 saturated heterocycles. The van der Waals surface area contributed by atoms with Crippen LogP contribution in [-0.4, -0.2) is 21.9 Å². The topological polar surface area (TPSA) is 66.9 Å². The number of para-hydroxylation sites is 1. The minimum Gasteiger partial charge on any atom is -0.348 e. The summed E-state index contributed by atoms with van der Waals surface area (Å²) in [6.45, 7) is 5.67. The number of halogens is 1. The molecule has 2 N–H and O–H groups in total. The number of hydrogen-bond donors (Lipinski definition) is 2. The Morgan fingerprint density at radius 3 is 2.73 bits per heavy atom. The summed E-state index contributed by atoms with van der Waals surface area (Å²) in [5.74, 6) is -0.478. The van der Waals surface area contributed by atoms with Crippen LogP contribution in [0.2, 0.25) is 0 Å². The van der Waals surface area contributed by atoms with Crippen molar-refractivity contribution in [1.29, 1.82) is 0 Å². The fourth-order valence-corrected chi connectivity index (χ4v) is 1.82. The number of amides is 1. The second-order valence-electron chi connectivity index (χ2n) is 5.11. The molecule has 5 nitrogen and oxygen atoms in total. The number of carbonyl (C=O) groups excluding carboxylic acids is 1. The van der Waals surface area contributed by atoms with Gasteiger partial charge in [-0.2, -0.15) is 0 Å². The first-order chi connectivity index (χ1) is 10.5. The summed E-state index contributed by atoms with van der Waals surface area (Å²) < 4.78 is 13.7. The number of nitrogens with one attached hydrogen (secondary N) is 2. The molecule has 2 rings (SSSR count). The van der Waals surface area contributed by atoms with E-state index in [-0.39, 0.29) is 29.3 Å². The number of anilines is 2. The summed E-state index contributed by atoms with van der Waals surface area (Å²) in [5, 5.41) is 5.64. The van der Waals surface area contributed by atoms with Crippen molar-refractivity contribution in [3.63, 3.8) is 0 Å². The molecule has 1 unspecified atom stereocenters. The van der Waals surface area contributed by atoms with Gasteiger partial charge in [-0.05, 0) is 38.5 Å². The monoisotopic (exact) mass is 302 g/mol. The van der Waals surface area contributed by atoms with Crippen LogP contribution in [0.25, 0.3) is 0 Å². The lowest BCUT2D eigenvalue weighted by atomic mass is 10.2. The Kier molecular flexibility index (Phi) is 5.04. The van der Waals surface area contributed by atoms with Crippen molar-refractivity contribution in [2.75, 3.05) is 5.32 Å². The quantitative estimate of drug-likeness (QED) is 0.890. The Morgan fingerprint density at radius 2 is 2.05 bits per heavy atom. The van der Waals surface area contributed by atoms with Crippen LogP contribution in [0.1, 0.15) is 36.5 Å². The molecule has 0 radical (unpaired) electrons. The third kappa shape index (κ3) is 4.00. The van der Waals surface area contributed by atoms with Crippen LogP contribution in [0.15, 0.2) is 30.3 Å². The van der Waals surface area contributed by atoms with Crippen LogP contribution in [0.5, 0.6) is 0 Å². The highest BCUT2D eigenvalue weighted by Crippen LogP contribution is 2.17. The average molecular weight is 302 g/mol. The molecule has 1 amide bonds. The van der Waals surface area contributed by atoms with E-state index in [4.69, 9.17) is 0 Å².